The quantitative estimate of drug-likeness (QED) is 0.627. The van der Waals surface area contributed by atoms with Gasteiger partial charge in [-0.2, -0.15) is 0 Å². The maximum atomic E-state index is 12.5. The Morgan fingerprint density at radius 2 is 2.17 bits per heavy atom. The van der Waals surface area contributed by atoms with Crippen molar-refractivity contribution in [1.82, 2.24) is 14.9 Å². The Kier molecular flexibility index (Phi) is 6.64. The second kappa shape index (κ2) is 8.71. The summed E-state index contributed by atoms with van der Waals surface area (Å²) < 4.78 is 0. The van der Waals surface area contributed by atoms with Gasteiger partial charge in [-0.05, 0) is 24.0 Å². The van der Waals surface area contributed by atoms with E-state index in [1.54, 1.807) is 29.2 Å². The number of nitrogens with zero attached hydrogens (tertiary/aromatic N) is 2. The molecule has 1 aromatic carbocycles. The van der Waals surface area contributed by atoms with Crippen LogP contribution in [0, 0.1) is 0 Å². The number of aliphatic hydroxyl groups excluding tert-OH is 1. The number of imidazole rings is 1. The molecule has 7 heteroatoms. The first-order valence-corrected chi connectivity index (χ1v) is 8.62. The van der Waals surface area contributed by atoms with Gasteiger partial charge in [0.15, 0.2) is 0 Å². The van der Waals surface area contributed by atoms with E-state index < -0.39 is 6.04 Å². The summed E-state index contributed by atoms with van der Waals surface area (Å²) >= 11 is 1.67. The van der Waals surface area contributed by atoms with Crippen LogP contribution in [0.1, 0.15) is 11.3 Å². The first-order chi connectivity index (χ1) is 11.1. The fourth-order valence-electron chi connectivity index (χ4n) is 2.29. The molecule has 6 nitrogen and oxygen atoms in total. The van der Waals surface area contributed by atoms with Crippen molar-refractivity contribution >= 4 is 17.7 Å². The number of carbonyl (C=O) groups excluding carboxylic acids is 1. The van der Waals surface area contributed by atoms with E-state index in [1.165, 1.54) is 4.90 Å². The van der Waals surface area contributed by atoms with E-state index in [-0.39, 0.29) is 19.1 Å². The van der Waals surface area contributed by atoms with Crippen LogP contribution in [0.3, 0.4) is 0 Å². The number of hydrogen-bond donors (Lipinski definition) is 3. The van der Waals surface area contributed by atoms with Gasteiger partial charge in [0.2, 0.25) is 5.91 Å². The van der Waals surface area contributed by atoms with Crippen LogP contribution in [0.5, 0.6) is 0 Å². The molecule has 0 unspecified atom stereocenters. The van der Waals surface area contributed by atoms with Gasteiger partial charge in [-0.3, -0.25) is 4.79 Å². The van der Waals surface area contributed by atoms with Crippen LogP contribution in [0.25, 0.3) is 0 Å². The third-order valence-electron chi connectivity index (χ3n) is 3.53. The van der Waals surface area contributed by atoms with Gasteiger partial charge in [-0.25, -0.2) is 4.98 Å². The summed E-state index contributed by atoms with van der Waals surface area (Å²) in [7, 11) is 0. The Balaban J connectivity index is 2.02. The van der Waals surface area contributed by atoms with Crippen molar-refractivity contribution in [3.8, 4) is 0 Å². The topological polar surface area (TPSA) is 95.2 Å². The first kappa shape index (κ1) is 17.5. The Labute approximate surface area is 140 Å². The lowest BCUT2D eigenvalue weighted by Gasteiger charge is -2.25. The standard InChI is InChI=1S/C16H22N4O2S/c1-23-14-4-2-12(3-5-14)10-20(6-7-21)16(22)15(17)8-13-9-18-11-19-13/h2-5,9,11,15,21H,6-8,10,17H2,1H3,(H,18,19)/t15-/m0/s1. The monoisotopic (exact) mass is 334 g/mol. The zero-order valence-corrected chi connectivity index (χ0v) is 13.9. The number of aromatic nitrogens is 2. The molecular formula is C16H22N4O2S. The number of nitrogens with one attached hydrogen (secondary N) is 1. The lowest BCUT2D eigenvalue weighted by atomic mass is 10.1. The molecule has 0 fully saturated rings. The number of benzene rings is 1. The SMILES string of the molecule is CSc1ccc(CN(CCO)C(=O)[C@@H](N)Cc2cnc[nH]2)cc1. The minimum absolute atomic E-state index is 0.0919. The summed E-state index contributed by atoms with van der Waals surface area (Å²) in [6.45, 7) is 0.607. The summed E-state index contributed by atoms with van der Waals surface area (Å²) in [6.07, 6.45) is 5.63. The Morgan fingerprint density at radius 1 is 1.43 bits per heavy atom. The van der Waals surface area contributed by atoms with Crippen molar-refractivity contribution < 1.29 is 9.90 Å². The van der Waals surface area contributed by atoms with Crippen LogP contribution >= 0.6 is 11.8 Å². The molecule has 124 valence electrons. The fourth-order valence-corrected chi connectivity index (χ4v) is 2.70. The van der Waals surface area contributed by atoms with Crippen molar-refractivity contribution in [1.29, 1.82) is 0 Å². The van der Waals surface area contributed by atoms with Crippen molar-refractivity contribution in [3.63, 3.8) is 0 Å². The highest BCUT2D eigenvalue weighted by atomic mass is 32.2. The molecular weight excluding hydrogens is 312 g/mol. The Hall–Kier alpha value is -1.83. The van der Waals surface area contributed by atoms with Crippen LogP contribution in [-0.4, -0.2) is 51.3 Å². The van der Waals surface area contributed by atoms with E-state index in [4.69, 9.17) is 5.73 Å². The predicted octanol–water partition coefficient (Wildman–Crippen LogP) is 1.02. The third-order valence-corrected chi connectivity index (χ3v) is 4.27. The summed E-state index contributed by atoms with van der Waals surface area (Å²) in [4.78, 5) is 22.2. The van der Waals surface area contributed by atoms with Crippen molar-refractivity contribution in [2.24, 2.45) is 5.73 Å². The van der Waals surface area contributed by atoms with Crippen molar-refractivity contribution in [2.45, 2.75) is 23.9 Å². The normalized spacial score (nSPS) is 12.1. The molecule has 0 aliphatic carbocycles. The van der Waals surface area contributed by atoms with E-state index in [9.17, 15) is 9.90 Å². The summed E-state index contributed by atoms with van der Waals surface area (Å²) in [5, 5.41) is 9.23. The van der Waals surface area contributed by atoms with Gasteiger partial charge >= 0.3 is 0 Å². The molecule has 1 amide bonds. The van der Waals surface area contributed by atoms with Gasteiger partial charge < -0.3 is 20.7 Å². The lowest BCUT2D eigenvalue weighted by molar-refractivity contribution is -0.133. The molecule has 0 bridgehead atoms. The van der Waals surface area contributed by atoms with Crippen molar-refractivity contribution in [2.75, 3.05) is 19.4 Å². The van der Waals surface area contributed by atoms with Gasteiger partial charge in [-0.15, -0.1) is 11.8 Å². The van der Waals surface area contributed by atoms with Gasteiger partial charge in [0.05, 0.1) is 19.0 Å². The van der Waals surface area contributed by atoms with Crippen LogP contribution in [-0.2, 0) is 17.8 Å². The summed E-state index contributed by atoms with van der Waals surface area (Å²) in [5.41, 5.74) is 7.85. The summed E-state index contributed by atoms with van der Waals surface area (Å²) in [5.74, 6) is -0.178. The lowest BCUT2D eigenvalue weighted by Crippen LogP contribution is -2.45. The Morgan fingerprint density at radius 3 is 2.74 bits per heavy atom. The molecule has 1 atom stereocenters. The highest BCUT2D eigenvalue weighted by Crippen LogP contribution is 2.16. The van der Waals surface area contributed by atoms with Gasteiger partial charge in [0.1, 0.15) is 0 Å². The zero-order chi connectivity index (χ0) is 16.7. The molecule has 0 saturated carbocycles. The number of thioether (sulfide) groups is 1. The number of amides is 1. The van der Waals surface area contributed by atoms with Crippen LogP contribution in [0.2, 0.25) is 0 Å². The number of rotatable bonds is 8. The molecule has 0 spiro atoms. The molecule has 1 aromatic heterocycles. The van der Waals surface area contributed by atoms with E-state index in [2.05, 4.69) is 9.97 Å². The van der Waals surface area contributed by atoms with E-state index in [0.29, 0.717) is 13.0 Å². The third kappa shape index (κ3) is 5.09. The van der Waals surface area contributed by atoms with Crippen LogP contribution in [0.4, 0.5) is 0 Å². The molecule has 1 heterocycles. The largest absolute Gasteiger partial charge is 0.395 e. The fraction of sp³-hybridized carbons (Fsp3) is 0.375. The molecule has 0 radical (unpaired) electrons. The van der Waals surface area contributed by atoms with Crippen LogP contribution in [0.15, 0.2) is 41.7 Å². The highest BCUT2D eigenvalue weighted by Gasteiger charge is 2.21. The van der Waals surface area contributed by atoms with E-state index in [0.717, 1.165) is 11.3 Å². The smallest absolute Gasteiger partial charge is 0.240 e. The second-order valence-electron chi connectivity index (χ2n) is 5.22. The average molecular weight is 334 g/mol. The molecule has 2 rings (SSSR count). The minimum atomic E-state index is -0.660. The number of carbonyl (C=O) groups is 1. The Bertz CT molecular complexity index is 601. The molecule has 0 aliphatic heterocycles. The second-order valence-corrected chi connectivity index (χ2v) is 6.10. The maximum absolute atomic E-state index is 12.5. The predicted molar refractivity (Wildman–Crippen MR) is 91.0 cm³/mol. The highest BCUT2D eigenvalue weighted by molar-refractivity contribution is 7.98. The van der Waals surface area contributed by atoms with Gasteiger partial charge in [0.25, 0.3) is 0 Å². The molecule has 2 aromatic rings. The van der Waals surface area contributed by atoms with Crippen molar-refractivity contribution in [3.05, 3.63) is 48.0 Å². The maximum Gasteiger partial charge on any atom is 0.240 e. The first-order valence-electron chi connectivity index (χ1n) is 7.39. The number of hydrogen-bond acceptors (Lipinski definition) is 5. The molecule has 4 N–H and O–H groups in total. The zero-order valence-electron chi connectivity index (χ0n) is 13.1. The van der Waals surface area contributed by atoms with Crippen LogP contribution < -0.4 is 5.73 Å². The van der Waals surface area contributed by atoms with E-state index >= 15 is 0 Å². The van der Waals surface area contributed by atoms with Gasteiger partial charge in [-0.1, -0.05) is 12.1 Å². The van der Waals surface area contributed by atoms with Gasteiger partial charge in [0, 0.05) is 36.3 Å². The molecule has 0 saturated heterocycles. The number of H-pyrrole nitrogens is 1. The number of nitrogens with two attached hydrogens (primary N) is 1. The average Bonchev–Trinajstić information content (AvgIpc) is 3.07. The minimum Gasteiger partial charge on any atom is -0.395 e. The number of aliphatic hydroxyl groups is 1. The number of aromatic amines is 1. The summed E-state index contributed by atoms with van der Waals surface area (Å²) in [6, 6.07) is 7.36. The molecule has 0 aliphatic rings. The van der Waals surface area contributed by atoms with E-state index in [1.807, 2.05) is 30.5 Å². The molecule has 23 heavy (non-hydrogen) atoms.